The molecule has 0 unspecified atom stereocenters. The highest BCUT2D eigenvalue weighted by molar-refractivity contribution is 4.68. The van der Waals surface area contributed by atoms with Gasteiger partial charge in [0.1, 0.15) is 0 Å². The smallest absolute Gasteiger partial charge is 0.0712 e. The van der Waals surface area contributed by atoms with E-state index in [2.05, 4.69) is 0 Å². The minimum absolute atomic E-state index is 0.250. The third kappa shape index (κ3) is 4.39. The first-order valence-corrected chi connectivity index (χ1v) is 3.15. The van der Waals surface area contributed by atoms with Crippen LogP contribution >= 0.6 is 0 Å². The van der Waals surface area contributed by atoms with Gasteiger partial charge in [0.2, 0.25) is 0 Å². The first-order chi connectivity index (χ1) is 4.04. The Kier molecular flexibility index (Phi) is 3.77. The fraction of sp³-hybridized carbons (Fsp3) is 1.00. The average Bonchev–Trinajstić information content (AvgIpc) is 1.63. The molecule has 0 amide bonds. The van der Waals surface area contributed by atoms with Crippen molar-refractivity contribution < 1.29 is 10.2 Å². The van der Waals surface area contributed by atoms with Crippen LogP contribution in [0.1, 0.15) is 20.3 Å². The average molecular weight is 133 g/mol. The highest BCUT2D eigenvalue weighted by atomic mass is 16.3. The molecule has 0 bridgehead atoms. The lowest BCUT2D eigenvalue weighted by Gasteiger charge is -2.15. The van der Waals surface area contributed by atoms with Crippen LogP contribution in [0, 0.1) is 0 Å². The van der Waals surface area contributed by atoms with Crippen LogP contribution in [0.2, 0.25) is 0 Å². The third-order valence-electron chi connectivity index (χ3n) is 1.19. The van der Waals surface area contributed by atoms with Gasteiger partial charge in [-0.05, 0) is 13.8 Å². The Morgan fingerprint density at radius 2 is 1.78 bits per heavy atom. The highest BCUT2D eigenvalue weighted by Crippen LogP contribution is 1.99. The molecule has 9 heavy (non-hydrogen) atoms. The molecule has 0 aliphatic carbocycles. The second kappa shape index (κ2) is 3.82. The quantitative estimate of drug-likeness (QED) is 0.484. The van der Waals surface area contributed by atoms with Crippen LogP contribution in [0.4, 0.5) is 0 Å². The van der Waals surface area contributed by atoms with Crippen LogP contribution in [0.5, 0.6) is 0 Å². The van der Waals surface area contributed by atoms with E-state index < -0.39 is 12.2 Å². The van der Waals surface area contributed by atoms with Gasteiger partial charge in [-0.15, -0.1) is 0 Å². The van der Waals surface area contributed by atoms with E-state index in [0.29, 0.717) is 6.42 Å². The van der Waals surface area contributed by atoms with Crippen LogP contribution in [0.25, 0.3) is 0 Å². The molecule has 0 fully saturated rings. The van der Waals surface area contributed by atoms with Gasteiger partial charge in [-0.1, -0.05) is 0 Å². The van der Waals surface area contributed by atoms with Crippen molar-refractivity contribution >= 4 is 0 Å². The number of hydrogen-bond acceptors (Lipinski definition) is 3. The van der Waals surface area contributed by atoms with Gasteiger partial charge in [-0.25, -0.2) is 0 Å². The summed E-state index contributed by atoms with van der Waals surface area (Å²) < 4.78 is 0. The lowest BCUT2D eigenvalue weighted by Crippen LogP contribution is -2.33. The molecular weight excluding hydrogens is 118 g/mol. The van der Waals surface area contributed by atoms with Gasteiger partial charge >= 0.3 is 0 Å². The van der Waals surface area contributed by atoms with Crippen molar-refractivity contribution in [1.82, 2.24) is 0 Å². The van der Waals surface area contributed by atoms with Crippen molar-refractivity contribution in [1.29, 1.82) is 0 Å². The van der Waals surface area contributed by atoms with E-state index in [0.717, 1.165) is 0 Å². The minimum Gasteiger partial charge on any atom is -0.393 e. The Hall–Kier alpha value is -0.120. The Bertz CT molecular complexity index is 73.5. The van der Waals surface area contributed by atoms with E-state index in [1.807, 2.05) is 0 Å². The first-order valence-electron chi connectivity index (χ1n) is 3.15. The predicted molar refractivity (Wildman–Crippen MR) is 36.0 cm³/mol. The molecule has 56 valence electrons. The number of aliphatic hydroxyl groups excluding tert-OH is 2. The van der Waals surface area contributed by atoms with Crippen molar-refractivity contribution in [2.75, 3.05) is 0 Å². The maximum absolute atomic E-state index is 9.01. The molecule has 0 rings (SSSR count). The standard InChI is InChI=1S/C6H15NO2/c1-4(8)3-6(9)5(2)7/h4-6,8-9H,3,7H2,1-2H3/t4-,5-,6+/m0/s1. The molecule has 3 nitrogen and oxygen atoms in total. The highest BCUT2D eigenvalue weighted by Gasteiger charge is 2.11. The summed E-state index contributed by atoms with van der Waals surface area (Å²) in [6.45, 7) is 3.35. The Labute approximate surface area is 55.5 Å². The van der Waals surface area contributed by atoms with E-state index in [-0.39, 0.29) is 6.04 Å². The first kappa shape index (κ1) is 8.88. The summed E-state index contributed by atoms with van der Waals surface area (Å²) in [5, 5.41) is 17.8. The van der Waals surface area contributed by atoms with E-state index in [4.69, 9.17) is 15.9 Å². The number of nitrogens with two attached hydrogens (primary N) is 1. The lowest BCUT2D eigenvalue weighted by molar-refractivity contribution is 0.0775. The van der Waals surface area contributed by atoms with E-state index >= 15 is 0 Å². The molecule has 3 atom stereocenters. The van der Waals surface area contributed by atoms with Gasteiger partial charge in [-0.3, -0.25) is 0 Å². The van der Waals surface area contributed by atoms with Crippen molar-refractivity contribution in [2.45, 2.75) is 38.5 Å². The lowest BCUT2D eigenvalue weighted by atomic mass is 10.1. The van der Waals surface area contributed by atoms with Gasteiger partial charge in [0.25, 0.3) is 0 Å². The van der Waals surface area contributed by atoms with Crippen LogP contribution in [-0.4, -0.2) is 28.5 Å². The maximum Gasteiger partial charge on any atom is 0.0712 e. The Balaban J connectivity index is 3.38. The minimum atomic E-state index is -0.579. The fourth-order valence-electron chi connectivity index (χ4n) is 0.564. The summed E-state index contributed by atoms with van der Waals surface area (Å²) in [6, 6.07) is -0.250. The second-order valence-electron chi connectivity index (χ2n) is 2.51. The van der Waals surface area contributed by atoms with Crippen molar-refractivity contribution in [2.24, 2.45) is 5.73 Å². The zero-order chi connectivity index (χ0) is 7.44. The van der Waals surface area contributed by atoms with E-state index in [1.165, 1.54) is 0 Å². The SMILES string of the molecule is C[C@H](O)C[C@@H](O)[C@H](C)N. The number of hydrogen-bond donors (Lipinski definition) is 3. The summed E-state index contributed by atoms with van der Waals surface area (Å²) >= 11 is 0. The summed E-state index contributed by atoms with van der Waals surface area (Å²) in [5.41, 5.74) is 5.32. The molecule has 0 aliphatic heterocycles. The Morgan fingerprint density at radius 1 is 1.33 bits per heavy atom. The topological polar surface area (TPSA) is 66.5 Å². The normalized spacial score (nSPS) is 21.0. The zero-order valence-electron chi connectivity index (χ0n) is 5.91. The van der Waals surface area contributed by atoms with Gasteiger partial charge < -0.3 is 15.9 Å². The molecule has 0 aromatic heterocycles. The molecule has 0 aliphatic rings. The molecule has 0 spiro atoms. The molecule has 3 heteroatoms. The zero-order valence-corrected chi connectivity index (χ0v) is 5.91. The summed E-state index contributed by atoms with van der Waals surface area (Å²) in [6.07, 6.45) is -0.687. The third-order valence-corrected chi connectivity index (χ3v) is 1.19. The summed E-state index contributed by atoms with van der Waals surface area (Å²) in [5.74, 6) is 0. The van der Waals surface area contributed by atoms with Gasteiger partial charge in [0.15, 0.2) is 0 Å². The molecule has 0 saturated heterocycles. The van der Waals surface area contributed by atoms with Gasteiger partial charge in [0.05, 0.1) is 12.2 Å². The van der Waals surface area contributed by atoms with Crippen molar-refractivity contribution in [3.8, 4) is 0 Å². The van der Waals surface area contributed by atoms with Gasteiger partial charge in [0, 0.05) is 12.5 Å². The summed E-state index contributed by atoms with van der Waals surface area (Å²) in [4.78, 5) is 0. The van der Waals surface area contributed by atoms with Crippen LogP contribution in [-0.2, 0) is 0 Å². The monoisotopic (exact) mass is 133 g/mol. The van der Waals surface area contributed by atoms with E-state index in [9.17, 15) is 0 Å². The molecule has 0 saturated carbocycles. The van der Waals surface area contributed by atoms with Crippen LogP contribution < -0.4 is 5.73 Å². The largest absolute Gasteiger partial charge is 0.393 e. The van der Waals surface area contributed by atoms with Gasteiger partial charge in [-0.2, -0.15) is 0 Å². The molecule has 0 aromatic carbocycles. The van der Waals surface area contributed by atoms with Crippen molar-refractivity contribution in [3.05, 3.63) is 0 Å². The molecule has 0 heterocycles. The van der Waals surface area contributed by atoms with Crippen molar-refractivity contribution in [3.63, 3.8) is 0 Å². The maximum atomic E-state index is 9.01. The van der Waals surface area contributed by atoms with E-state index in [1.54, 1.807) is 13.8 Å². The fourth-order valence-corrected chi connectivity index (χ4v) is 0.564. The van der Waals surface area contributed by atoms with Crippen LogP contribution in [0.3, 0.4) is 0 Å². The molecule has 0 radical (unpaired) electrons. The number of aliphatic hydroxyl groups is 2. The second-order valence-corrected chi connectivity index (χ2v) is 2.51. The molecule has 0 aromatic rings. The van der Waals surface area contributed by atoms with Crippen LogP contribution in [0.15, 0.2) is 0 Å². The summed E-state index contributed by atoms with van der Waals surface area (Å²) in [7, 11) is 0. The molecule has 4 N–H and O–H groups in total. The molecular formula is C6H15NO2. The Morgan fingerprint density at radius 3 is 1.89 bits per heavy atom. The number of rotatable bonds is 3. The predicted octanol–water partition coefficient (Wildman–Crippen LogP) is -0.535.